The number of aromatic amines is 1. The van der Waals surface area contributed by atoms with Crippen LogP contribution in [0.1, 0.15) is 33.5 Å². The standard InChI is InChI=1S/C26H31N7O5S/c1-16-11-17(2)24(18(3)12-16)39(37,38)32-21(26(35)36)15-28-25(34)19-5-6-22-20(13-19)14-30-33(22)10-4-8-27-23-7-9-29-31-23/h5-7,9,11-14,21,32H,4,8,10,15H2,1-3H3,(H,28,34)(H,35,36)(H2,27,29,31)/t21-/m0/s1. The largest absolute Gasteiger partial charge is 0.480 e. The lowest BCUT2D eigenvalue weighted by Gasteiger charge is -2.18. The Morgan fingerprint density at radius 1 is 1.10 bits per heavy atom. The van der Waals surface area contributed by atoms with E-state index in [0.29, 0.717) is 23.2 Å². The molecule has 4 aromatic rings. The van der Waals surface area contributed by atoms with Crippen LogP contribution in [0.5, 0.6) is 0 Å². The number of nitrogens with zero attached hydrogens (tertiary/aromatic N) is 3. The van der Waals surface area contributed by atoms with E-state index >= 15 is 0 Å². The Balaban J connectivity index is 1.38. The van der Waals surface area contributed by atoms with Crippen molar-refractivity contribution in [3.63, 3.8) is 0 Å². The Kier molecular flexibility index (Phi) is 8.31. The molecule has 0 aliphatic heterocycles. The van der Waals surface area contributed by atoms with Crippen LogP contribution in [-0.2, 0) is 21.4 Å². The van der Waals surface area contributed by atoms with Crippen LogP contribution in [0.15, 0.2) is 53.7 Å². The minimum Gasteiger partial charge on any atom is -0.480 e. The van der Waals surface area contributed by atoms with E-state index in [2.05, 4.69) is 30.7 Å². The molecule has 2 heterocycles. The maximum absolute atomic E-state index is 13.0. The molecule has 12 nitrogen and oxygen atoms in total. The molecule has 0 unspecified atom stereocenters. The van der Waals surface area contributed by atoms with Crippen LogP contribution in [0.4, 0.5) is 5.82 Å². The molecule has 0 saturated carbocycles. The summed E-state index contributed by atoms with van der Waals surface area (Å²) >= 11 is 0. The van der Waals surface area contributed by atoms with Crippen molar-refractivity contribution in [1.29, 1.82) is 0 Å². The lowest BCUT2D eigenvalue weighted by atomic mass is 10.1. The van der Waals surface area contributed by atoms with Crippen LogP contribution in [0.25, 0.3) is 10.9 Å². The third-order valence-electron chi connectivity index (χ3n) is 6.20. The van der Waals surface area contributed by atoms with Crippen LogP contribution >= 0.6 is 0 Å². The van der Waals surface area contributed by atoms with E-state index < -0.39 is 34.5 Å². The number of aryl methyl sites for hydroxylation is 4. The lowest BCUT2D eigenvalue weighted by Crippen LogP contribution is -2.48. The van der Waals surface area contributed by atoms with Gasteiger partial charge in [0, 0.05) is 30.6 Å². The van der Waals surface area contributed by atoms with Gasteiger partial charge in [0.05, 0.1) is 22.8 Å². The molecule has 0 aliphatic rings. The fourth-order valence-electron chi connectivity index (χ4n) is 4.53. The number of carbonyl (C=O) groups is 2. The number of carbonyl (C=O) groups excluding carboxylic acids is 1. The Bertz CT molecular complexity index is 1570. The minimum absolute atomic E-state index is 0.0326. The summed E-state index contributed by atoms with van der Waals surface area (Å²) in [6.07, 6.45) is 4.14. The molecule has 39 heavy (non-hydrogen) atoms. The van der Waals surface area contributed by atoms with E-state index in [1.54, 1.807) is 56.6 Å². The zero-order chi connectivity index (χ0) is 28.2. The maximum Gasteiger partial charge on any atom is 0.323 e. The highest BCUT2D eigenvalue weighted by molar-refractivity contribution is 7.89. The molecule has 4 rings (SSSR count). The number of fused-ring (bicyclic) bond motifs is 1. The highest BCUT2D eigenvalue weighted by Gasteiger charge is 2.28. The van der Waals surface area contributed by atoms with Crippen molar-refractivity contribution in [2.24, 2.45) is 0 Å². The van der Waals surface area contributed by atoms with Gasteiger partial charge in [-0.2, -0.15) is 14.9 Å². The molecule has 0 saturated heterocycles. The van der Waals surface area contributed by atoms with Crippen LogP contribution in [0.2, 0.25) is 0 Å². The second-order valence-electron chi connectivity index (χ2n) is 9.34. The van der Waals surface area contributed by atoms with Crippen molar-refractivity contribution in [3.8, 4) is 0 Å². The highest BCUT2D eigenvalue weighted by Crippen LogP contribution is 2.22. The number of sulfonamides is 1. The average molecular weight is 554 g/mol. The molecule has 2 aromatic carbocycles. The first-order chi connectivity index (χ1) is 18.5. The fourth-order valence-corrected chi connectivity index (χ4v) is 6.17. The maximum atomic E-state index is 13.0. The monoisotopic (exact) mass is 553 g/mol. The molecule has 206 valence electrons. The predicted octanol–water partition coefficient (Wildman–Crippen LogP) is 2.35. The first-order valence-electron chi connectivity index (χ1n) is 12.3. The quantitative estimate of drug-likeness (QED) is 0.166. The van der Waals surface area contributed by atoms with Gasteiger partial charge >= 0.3 is 5.97 Å². The molecule has 0 radical (unpaired) electrons. The number of aliphatic carboxylic acids is 1. The molecule has 2 aromatic heterocycles. The summed E-state index contributed by atoms with van der Waals surface area (Å²) in [5.74, 6) is -1.09. The van der Waals surface area contributed by atoms with Gasteiger partial charge in [-0.1, -0.05) is 17.7 Å². The average Bonchev–Trinajstić information content (AvgIpc) is 3.52. The van der Waals surface area contributed by atoms with Crippen molar-refractivity contribution in [2.45, 2.75) is 44.7 Å². The van der Waals surface area contributed by atoms with Crippen molar-refractivity contribution < 1.29 is 23.1 Å². The number of amides is 1. The van der Waals surface area contributed by atoms with Crippen LogP contribution in [0.3, 0.4) is 0 Å². The zero-order valence-electron chi connectivity index (χ0n) is 21.9. The van der Waals surface area contributed by atoms with Crippen LogP contribution in [-0.4, -0.2) is 64.5 Å². The first kappa shape index (κ1) is 27.8. The van der Waals surface area contributed by atoms with Gasteiger partial charge in [-0.15, -0.1) is 0 Å². The molecule has 0 fully saturated rings. The third kappa shape index (κ3) is 6.62. The number of hydrogen-bond donors (Lipinski definition) is 5. The fraction of sp³-hybridized carbons (Fsp3) is 0.308. The number of carboxylic acid groups (broad SMARTS) is 1. The Labute approximate surface area is 225 Å². The van der Waals surface area contributed by atoms with Gasteiger partial charge < -0.3 is 15.7 Å². The number of nitrogens with one attached hydrogen (secondary N) is 4. The Morgan fingerprint density at radius 2 is 1.85 bits per heavy atom. The molecular weight excluding hydrogens is 522 g/mol. The van der Waals surface area contributed by atoms with Crippen molar-refractivity contribution in [2.75, 3.05) is 18.4 Å². The van der Waals surface area contributed by atoms with E-state index in [4.69, 9.17) is 0 Å². The normalized spacial score (nSPS) is 12.4. The number of rotatable bonds is 12. The first-order valence-corrected chi connectivity index (χ1v) is 13.8. The summed E-state index contributed by atoms with van der Waals surface area (Å²) in [6, 6.07) is 8.79. The second kappa shape index (κ2) is 11.7. The highest BCUT2D eigenvalue weighted by atomic mass is 32.2. The third-order valence-corrected chi connectivity index (χ3v) is 7.98. The SMILES string of the molecule is Cc1cc(C)c(S(=O)(=O)N[C@@H](CNC(=O)c2ccc3c(cnn3CCCNc3ccn[nH]3)c2)C(=O)O)c(C)c1. The van der Waals surface area contributed by atoms with E-state index in [1.165, 1.54) is 0 Å². The van der Waals surface area contributed by atoms with Gasteiger partial charge in [-0.25, -0.2) is 8.42 Å². The van der Waals surface area contributed by atoms with Gasteiger partial charge in [-0.05, 0) is 62.6 Å². The van der Waals surface area contributed by atoms with E-state index in [1.807, 2.05) is 17.7 Å². The van der Waals surface area contributed by atoms with Crippen molar-refractivity contribution in [1.82, 2.24) is 30.0 Å². The summed E-state index contributed by atoms with van der Waals surface area (Å²) in [5, 5.41) is 27.3. The molecule has 1 atom stereocenters. The molecule has 1 amide bonds. The van der Waals surface area contributed by atoms with E-state index in [-0.39, 0.29) is 4.90 Å². The van der Waals surface area contributed by atoms with Crippen LogP contribution < -0.4 is 15.4 Å². The molecular formula is C26H31N7O5S. The molecule has 5 N–H and O–H groups in total. The number of carboxylic acids is 1. The Morgan fingerprint density at radius 3 is 2.51 bits per heavy atom. The predicted molar refractivity (Wildman–Crippen MR) is 146 cm³/mol. The molecule has 13 heteroatoms. The van der Waals surface area contributed by atoms with Gasteiger partial charge in [0.25, 0.3) is 5.91 Å². The van der Waals surface area contributed by atoms with Crippen molar-refractivity contribution in [3.05, 3.63) is 71.0 Å². The number of benzene rings is 2. The number of anilines is 1. The Hall–Kier alpha value is -4.23. The lowest BCUT2D eigenvalue weighted by molar-refractivity contribution is -0.138. The van der Waals surface area contributed by atoms with E-state index in [9.17, 15) is 23.1 Å². The summed E-state index contributed by atoms with van der Waals surface area (Å²) in [6.45, 7) is 6.12. The molecule has 0 aliphatic carbocycles. The number of aromatic nitrogens is 4. The number of hydrogen-bond acceptors (Lipinski definition) is 7. The van der Waals surface area contributed by atoms with Crippen molar-refractivity contribution >= 4 is 38.6 Å². The van der Waals surface area contributed by atoms with E-state index in [0.717, 1.165) is 35.2 Å². The van der Waals surface area contributed by atoms with Crippen LogP contribution in [0, 0.1) is 20.8 Å². The summed E-state index contributed by atoms with van der Waals surface area (Å²) in [5.41, 5.74) is 3.08. The molecule has 0 spiro atoms. The van der Waals surface area contributed by atoms with Gasteiger partial charge in [0.1, 0.15) is 11.9 Å². The van der Waals surface area contributed by atoms with Gasteiger partial charge in [-0.3, -0.25) is 19.4 Å². The smallest absolute Gasteiger partial charge is 0.323 e. The summed E-state index contributed by atoms with van der Waals surface area (Å²) in [4.78, 5) is 24.7. The second-order valence-corrected chi connectivity index (χ2v) is 11.0. The number of H-pyrrole nitrogens is 1. The van der Waals surface area contributed by atoms with Gasteiger partial charge in [0.2, 0.25) is 10.0 Å². The van der Waals surface area contributed by atoms with Gasteiger partial charge in [0.15, 0.2) is 0 Å². The minimum atomic E-state index is -4.15. The molecule has 0 bridgehead atoms. The summed E-state index contributed by atoms with van der Waals surface area (Å²) in [7, 11) is -4.15. The zero-order valence-corrected chi connectivity index (χ0v) is 22.7. The topological polar surface area (TPSA) is 171 Å². The summed E-state index contributed by atoms with van der Waals surface area (Å²) < 4.78 is 30.1.